The highest BCUT2D eigenvalue weighted by Crippen LogP contribution is 2.44. The van der Waals surface area contributed by atoms with Crippen molar-refractivity contribution in [1.29, 1.82) is 0 Å². The number of nitrogens with zero attached hydrogens (tertiary/aromatic N) is 4. The topological polar surface area (TPSA) is 73.8 Å². The number of hydrogen-bond donors (Lipinski definition) is 0. The van der Waals surface area contributed by atoms with Crippen LogP contribution in [-0.2, 0) is 19.8 Å². The number of hydrogen-bond acceptors (Lipinski definition) is 5. The Morgan fingerprint density at radius 1 is 0.971 bits per heavy atom. The highest BCUT2D eigenvalue weighted by molar-refractivity contribution is 6.11. The van der Waals surface area contributed by atoms with Crippen LogP contribution in [0.15, 0.2) is 42.5 Å². The predicted octanol–water partition coefficient (Wildman–Crippen LogP) is 3.38. The lowest BCUT2D eigenvalue weighted by Crippen LogP contribution is -2.51. The van der Waals surface area contributed by atoms with Gasteiger partial charge < -0.3 is 9.80 Å². The van der Waals surface area contributed by atoms with Gasteiger partial charge in [0.05, 0.1) is 5.41 Å². The van der Waals surface area contributed by atoms with E-state index < -0.39 is 5.41 Å². The third-order valence-electron chi connectivity index (χ3n) is 7.98. The second kappa shape index (κ2) is 9.44. The standard InChI is InChI=1S/C28H34N4O3/c1-20-8-3-6-12-23(20)28(19-26(34)32(27(28)35)22-10-4-5-11-22)18-25(33)31-16-14-30(15-17-31)24-13-7-9-21(2)29-24/h3,6-9,12-13,22H,4-5,10-11,14-19H2,1-2H3/t28-/m0/s1. The van der Waals surface area contributed by atoms with Crippen LogP contribution in [0.1, 0.15) is 55.3 Å². The quantitative estimate of drug-likeness (QED) is 0.621. The monoisotopic (exact) mass is 474 g/mol. The zero-order valence-electron chi connectivity index (χ0n) is 20.7. The summed E-state index contributed by atoms with van der Waals surface area (Å²) >= 11 is 0. The van der Waals surface area contributed by atoms with Crippen LogP contribution >= 0.6 is 0 Å². The number of anilines is 1. The van der Waals surface area contributed by atoms with Gasteiger partial charge in [-0.3, -0.25) is 19.3 Å². The van der Waals surface area contributed by atoms with Gasteiger partial charge in [0.15, 0.2) is 0 Å². The molecule has 3 fully saturated rings. The Kier molecular flexibility index (Phi) is 6.34. The van der Waals surface area contributed by atoms with Crippen LogP contribution in [0.2, 0.25) is 0 Å². The lowest BCUT2D eigenvalue weighted by atomic mass is 9.73. The van der Waals surface area contributed by atoms with E-state index in [-0.39, 0.29) is 36.6 Å². The lowest BCUT2D eigenvalue weighted by Gasteiger charge is -2.37. The van der Waals surface area contributed by atoms with E-state index >= 15 is 0 Å². The van der Waals surface area contributed by atoms with Crippen LogP contribution in [0.3, 0.4) is 0 Å². The minimum absolute atomic E-state index is 0.0265. The Bertz CT molecular complexity index is 1130. The minimum atomic E-state index is -1.11. The highest BCUT2D eigenvalue weighted by Gasteiger charge is 2.56. The molecule has 7 nitrogen and oxygen atoms in total. The first-order valence-corrected chi connectivity index (χ1v) is 12.8. The Balaban J connectivity index is 1.37. The number of aromatic nitrogens is 1. The van der Waals surface area contributed by atoms with E-state index in [0.717, 1.165) is 48.3 Å². The third kappa shape index (κ3) is 4.32. The molecule has 35 heavy (non-hydrogen) atoms. The smallest absolute Gasteiger partial charge is 0.241 e. The number of amides is 3. The first kappa shape index (κ1) is 23.5. The summed E-state index contributed by atoms with van der Waals surface area (Å²) in [6.07, 6.45) is 3.92. The molecule has 0 radical (unpaired) electrons. The van der Waals surface area contributed by atoms with Crippen molar-refractivity contribution < 1.29 is 14.4 Å². The number of carbonyl (C=O) groups excluding carboxylic acids is 3. The minimum Gasteiger partial charge on any atom is -0.353 e. The maximum absolute atomic E-state index is 14.0. The number of rotatable bonds is 5. The molecule has 0 N–H and O–H groups in total. The van der Waals surface area contributed by atoms with Gasteiger partial charge in [0, 0.05) is 50.8 Å². The molecule has 5 rings (SSSR count). The van der Waals surface area contributed by atoms with Gasteiger partial charge in [-0.2, -0.15) is 0 Å². The summed E-state index contributed by atoms with van der Waals surface area (Å²) < 4.78 is 0. The number of likely N-dealkylation sites (tertiary alicyclic amines) is 1. The average Bonchev–Trinajstić information content (AvgIpc) is 3.46. The predicted molar refractivity (Wildman–Crippen MR) is 134 cm³/mol. The molecule has 2 aromatic rings. The normalized spacial score (nSPS) is 23.4. The van der Waals surface area contributed by atoms with Crippen molar-refractivity contribution in [3.05, 3.63) is 59.3 Å². The van der Waals surface area contributed by atoms with Crippen molar-refractivity contribution in [2.24, 2.45) is 0 Å². The maximum atomic E-state index is 14.0. The molecular weight excluding hydrogens is 440 g/mol. The summed E-state index contributed by atoms with van der Waals surface area (Å²) in [7, 11) is 0. The zero-order chi connectivity index (χ0) is 24.6. The van der Waals surface area contributed by atoms with Gasteiger partial charge in [-0.15, -0.1) is 0 Å². The van der Waals surface area contributed by atoms with E-state index in [4.69, 9.17) is 0 Å². The Morgan fingerprint density at radius 2 is 1.69 bits per heavy atom. The Labute approximate surface area is 207 Å². The lowest BCUT2D eigenvalue weighted by molar-refractivity contribution is -0.144. The summed E-state index contributed by atoms with van der Waals surface area (Å²) in [4.78, 5) is 51.0. The molecule has 1 aromatic carbocycles. The van der Waals surface area contributed by atoms with Gasteiger partial charge in [-0.1, -0.05) is 43.2 Å². The number of imide groups is 1. The van der Waals surface area contributed by atoms with Gasteiger partial charge in [-0.05, 0) is 49.9 Å². The fraction of sp³-hybridized carbons (Fsp3) is 0.500. The van der Waals surface area contributed by atoms with E-state index in [9.17, 15) is 14.4 Å². The molecule has 0 unspecified atom stereocenters. The molecule has 3 aliphatic rings. The molecule has 184 valence electrons. The molecule has 1 atom stereocenters. The average molecular weight is 475 g/mol. The van der Waals surface area contributed by atoms with E-state index in [2.05, 4.69) is 9.88 Å². The van der Waals surface area contributed by atoms with Crippen LogP contribution in [0, 0.1) is 13.8 Å². The SMILES string of the molecule is Cc1cccc(N2CCN(C(=O)C[C@@]3(c4ccccc4C)CC(=O)N(C4CCCC4)C3=O)CC2)n1. The summed E-state index contributed by atoms with van der Waals surface area (Å²) in [6, 6.07) is 13.7. The van der Waals surface area contributed by atoms with Crippen LogP contribution in [-0.4, -0.2) is 64.7 Å². The van der Waals surface area contributed by atoms with Crippen molar-refractivity contribution in [1.82, 2.24) is 14.8 Å². The van der Waals surface area contributed by atoms with Gasteiger partial charge in [0.1, 0.15) is 5.82 Å². The number of benzene rings is 1. The molecule has 0 spiro atoms. The molecule has 0 bridgehead atoms. The van der Waals surface area contributed by atoms with E-state index in [1.807, 2.05) is 61.2 Å². The Morgan fingerprint density at radius 3 is 2.37 bits per heavy atom. The largest absolute Gasteiger partial charge is 0.353 e. The van der Waals surface area contributed by atoms with E-state index in [1.54, 1.807) is 0 Å². The molecule has 1 aliphatic carbocycles. The second-order valence-electron chi connectivity index (χ2n) is 10.3. The number of piperazine rings is 1. The third-order valence-corrected chi connectivity index (χ3v) is 7.98. The summed E-state index contributed by atoms with van der Waals surface area (Å²) in [5.74, 6) is 0.560. The van der Waals surface area contributed by atoms with Crippen molar-refractivity contribution in [3.63, 3.8) is 0 Å². The Hall–Kier alpha value is -3.22. The van der Waals surface area contributed by atoms with Gasteiger partial charge in [-0.25, -0.2) is 4.98 Å². The molecular formula is C28H34N4O3. The summed E-state index contributed by atoms with van der Waals surface area (Å²) in [5.41, 5.74) is 1.62. The fourth-order valence-corrected chi connectivity index (χ4v) is 6.11. The molecule has 3 amide bonds. The van der Waals surface area contributed by atoms with Gasteiger partial charge >= 0.3 is 0 Å². The van der Waals surface area contributed by atoms with Crippen LogP contribution in [0.25, 0.3) is 0 Å². The first-order valence-electron chi connectivity index (χ1n) is 12.8. The van der Waals surface area contributed by atoms with Crippen LogP contribution in [0.4, 0.5) is 5.82 Å². The van der Waals surface area contributed by atoms with E-state index in [1.165, 1.54) is 4.90 Å². The zero-order valence-corrected chi connectivity index (χ0v) is 20.7. The number of carbonyl (C=O) groups is 3. The number of aryl methyl sites for hydroxylation is 2. The molecule has 2 saturated heterocycles. The van der Waals surface area contributed by atoms with Gasteiger partial charge in [0.25, 0.3) is 0 Å². The first-order chi connectivity index (χ1) is 16.9. The molecule has 1 saturated carbocycles. The van der Waals surface area contributed by atoms with E-state index in [0.29, 0.717) is 26.2 Å². The van der Waals surface area contributed by atoms with Crippen molar-refractivity contribution in [2.75, 3.05) is 31.1 Å². The molecule has 3 heterocycles. The van der Waals surface area contributed by atoms with Crippen molar-refractivity contribution >= 4 is 23.5 Å². The van der Waals surface area contributed by atoms with Crippen LogP contribution in [0.5, 0.6) is 0 Å². The van der Waals surface area contributed by atoms with Crippen LogP contribution < -0.4 is 4.90 Å². The molecule has 7 heteroatoms. The molecule has 1 aromatic heterocycles. The fourth-order valence-electron chi connectivity index (χ4n) is 6.11. The summed E-state index contributed by atoms with van der Waals surface area (Å²) in [5, 5.41) is 0. The summed E-state index contributed by atoms with van der Waals surface area (Å²) in [6.45, 7) is 6.48. The number of pyridine rings is 1. The molecule has 2 aliphatic heterocycles. The second-order valence-corrected chi connectivity index (χ2v) is 10.3. The van der Waals surface area contributed by atoms with Gasteiger partial charge in [0.2, 0.25) is 17.7 Å². The van der Waals surface area contributed by atoms with Crippen molar-refractivity contribution in [3.8, 4) is 0 Å². The maximum Gasteiger partial charge on any atom is 0.241 e. The van der Waals surface area contributed by atoms with Crippen molar-refractivity contribution in [2.45, 2.75) is 63.8 Å². The highest BCUT2D eigenvalue weighted by atomic mass is 16.2.